The monoisotopic (exact) mass is 385 g/mol. The Morgan fingerprint density at radius 1 is 1.25 bits per heavy atom. The van der Waals surface area contributed by atoms with Crippen molar-refractivity contribution in [3.05, 3.63) is 59.7 Å². The predicted molar refractivity (Wildman–Crippen MR) is 101 cm³/mol. The van der Waals surface area contributed by atoms with E-state index in [-0.39, 0.29) is 6.42 Å². The topological polar surface area (TPSA) is 94.9 Å². The second kappa shape index (κ2) is 9.23. The molecule has 1 unspecified atom stereocenters. The molecule has 2 heterocycles. The SMILES string of the molecule is CCOC(CC(=O)O)c1ccc(OCCc2nc(-c3ccco3)oc2C)cc1. The number of oxazole rings is 1. The molecular formula is C21H23NO6. The van der Waals surface area contributed by atoms with Gasteiger partial charge in [-0.3, -0.25) is 4.79 Å². The van der Waals surface area contributed by atoms with Crippen molar-refractivity contribution in [1.29, 1.82) is 0 Å². The Balaban J connectivity index is 1.56. The predicted octanol–water partition coefficient (Wildman–Crippen LogP) is 4.42. The minimum atomic E-state index is -0.893. The Bertz CT molecular complexity index is 882. The molecule has 0 aliphatic rings. The standard InChI is InChI=1S/C21H23NO6/c1-3-25-19(13-20(23)24)15-6-8-16(9-7-15)26-12-10-17-14(2)28-21(22-17)18-5-4-11-27-18/h4-9,11,19H,3,10,12-13H2,1-2H3,(H,23,24). The van der Waals surface area contributed by atoms with E-state index in [4.69, 9.17) is 23.4 Å². The number of carboxylic acids is 1. The van der Waals surface area contributed by atoms with Crippen LogP contribution in [0.15, 0.2) is 51.5 Å². The molecule has 28 heavy (non-hydrogen) atoms. The number of rotatable bonds is 10. The van der Waals surface area contributed by atoms with Gasteiger partial charge in [0.1, 0.15) is 11.5 Å². The summed E-state index contributed by atoms with van der Waals surface area (Å²) in [5.74, 6) is 1.59. The fourth-order valence-corrected chi connectivity index (χ4v) is 2.84. The summed E-state index contributed by atoms with van der Waals surface area (Å²) < 4.78 is 22.2. The molecule has 0 aliphatic carbocycles. The highest BCUT2D eigenvalue weighted by Gasteiger charge is 2.16. The average molecular weight is 385 g/mol. The van der Waals surface area contributed by atoms with E-state index in [9.17, 15) is 4.79 Å². The van der Waals surface area contributed by atoms with Crippen molar-refractivity contribution in [3.63, 3.8) is 0 Å². The van der Waals surface area contributed by atoms with Crippen molar-refractivity contribution in [1.82, 2.24) is 4.98 Å². The maximum Gasteiger partial charge on any atom is 0.306 e. The van der Waals surface area contributed by atoms with E-state index in [0.717, 1.165) is 17.0 Å². The largest absolute Gasteiger partial charge is 0.493 e. The number of hydrogen-bond acceptors (Lipinski definition) is 6. The van der Waals surface area contributed by atoms with Gasteiger partial charge in [0.2, 0.25) is 0 Å². The van der Waals surface area contributed by atoms with Gasteiger partial charge < -0.3 is 23.4 Å². The van der Waals surface area contributed by atoms with Crippen LogP contribution in [0, 0.1) is 6.92 Å². The van der Waals surface area contributed by atoms with Gasteiger partial charge in [-0.1, -0.05) is 12.1 Å². The highest BCUT2D eigenvalue weighted by atomic mass is 16.5. The van der Waals surface area contributed by atoms with Crippen LogP contribution in [0.1, 0.15) is 36.5 Å². The summed E-state index contributed by atoms with van der Waals surface area (Å²) in [6.45, 7) is 4.59. The highest BCUT2D eigenvalue weighted by Crippen LogP contribution is 2.25. The summed E-state index contributed by atoms with van der Waals surface area (Å²) in [6, 6.07) is 10.9. The van der Waals surface area contributed by atoms with Gasteiger partial charge in [0.15, 0.2) is 5.76 Å². The minimum absolute atomic E-state index is 0.0719. The third kappa shape index (κ3) is 5.01. The van der Waals surface area contributed by atoms with Crippen molar-refractivity contribution < 1.29 is 28.2 Å². The Hall–Kier alpha value is -3.06. The summed E-state index contributed by atoms with van der Waals surface area (Å²) in [4.78, 5) is 15.4. The first-order valence-corrected chi connectivity index (χ1v) is 9.13. The van der Waals surface area contributed by atoms with Gasteiger partial charge in [-0.15, -0.1) is 0 Å². The van der Waals surface area contributed by atoms with Crippen LogP contribution in [0.2, 0.25) is 0 Å². The lowest BCUT2D eigenvalue weighted by atomic mass is 10.1. The molecule has 7 nitrogen and oxygen atoms in total. The lowest BCUT2D eigenvalue weighted by molar-refractivity contribution is -0.140. The smallest absolute Gasteiger partial charge is 0.306 e. The van der Waals surface area contributed by atoms with Crippen LogP contribution < -0.4 is 4.74 Å². The van der Waals surface area contributed by atoms with Gasteiger partial charge in [0.05, 0.1) is 31.1 Å². The number of benzene rings is 1. The fourth-order valence-electron chi connectivity index (χ4n) is 2.84. The minimum Gasteiger partial charge on any atom is -0.493 e. The molecule has 3 rings (SSSR count). The zero-order chi connectivity index (χ0) is 19.9. The maximum absolute atomic E-state index is 11.0. The Kier molecular flexibility index (Phi) is 6.49. The van der Waals surface area contributed by atoms with Gasteiger partial charge >= 0.3 is 5.97 Å². The van der Waals surface area contributed by atoms with Crippen LogP contribution in [0.25, 0.3) is 11.7 Å². The molecule has 1 atom stereocenters. The zero-order valence-electron chi connectivity index (χ0n) is 15.9. The van der Waals surface area contributed by atoms with Crippen molar-refractivity contribution in [2.24, 2.45) is 0 Å². The molecule has 0 saturated heterocycles. The lowest BCUT2D eigenvalue weighted by Crippen LogP contribution is -2.10. The summed E-state index contributed by atoms with van der Waals surface area (Å²) in [5.41, 5.74) is 1.63. The number of aryl methyl sites for hydroxylation is 1. The Labute approximate surface area is 162 Å². The summed E-state index contributed by atoms with van der Waals surface area (Å²) in [6.07, 6.45) is 1.64. The third-order valence-corrected chi connectivity index (χ3v) is 4.21. The second-order valence-electron chi connectivity index (χ2n) is 6.21. The summed E-state index contributed by atoms with van der Waals surface area (Å²) in [5, 5.41) is 9.01. The van der Waals surface area contributed by atoms with E-state index in [0.29, 0.717) is 37.0 Å². The van der Waals surface area contributed by atoms with E-state index in [1.807, 2.05) is 38.1 Å². The van der Waals surface area contributed by atoms with Crippen LogP contribution >= 0.6 is 0 Å². The average Bonchev–Trinajstić information content (AvgIpc) is 3.32. The van der Waals surface area contributed by atoms with Crippen LogP contribution in [-0.4, -0.2) is 29.3 Å². The molecule has 3 aromatic rings. The molecule has 0 amide bonds. The van der Waals surface area contributed by atoms with E-state index >= 15 is 0 Å². The molecule has 1 aromatic carbocycles. The maximum atomic E-state index is 11.0. The molecule has 0 spiro atoms. The first-order chi connectivity index (χ1) is 13.6. The van der Waals surface area contributed by atoms with Crippen LogP contribution in [0.5, 0.6) is 5.75 Å². The van der Waals surface area contributed by atoms with Crippen LogP contribution in [0.3, 0.4) is 0 Å². The van der Waals surface area contributed by atoms with Gasteiger partial charge in [-0.05, 0) is 43.7 Å². The normalized spacial score (nSPS) is 12.1. The number of hydrogen-bond donors (Lipinski definition) is 1. The van der Waals surface area contributed by atoms with Crippen molar-refractivity contribution >= 4 is 5.97 Å². The third-order valence-electron chi connectivity index (χ3n) is 4.21. The Morgan fingerprint density at radius 2 is 2.04 bits per heavy atom. The van der Waals surface area contributed by atoms with E-state index < -0.39 is 12.1 Å². The highest BCUT2D eigenvalue weighted by molar-refractivity contribution is 5.67. The fraction of sp³-hybridized carbons (Fsp3) is 0.333. The molecule has 1 N–H and O–H groups in total. The molecule has 0 bridgehead atoms. The molecule has 0 saturated carbocycles. The first-order valence-electron chi connectivity index (χ1n) is 9.13. The number of carboxylic acid groups (broad SMARTS) is 1. The molecule has 7 heteroatoms. The van der Waals surface area contributed by atoms with Gasteiger partial charge in [0, 0.05) is 13.0 Å². The van der Waals surface area contributed by atoms with E-state index in [1.165, 1.54) is 0 Å². The molecule has 148 valence electrons. The van der Waals surface area contributed by atoms with Crippen LogP contribution in [-0.2, 0) is 16.0 Å². The van der Waals surface area contributed by atoms with Gasteiger partial charge in [-0.2, -0.15) is 0 Å². The van der Waals surface area contributed by atoms with Crippen LogP contribution in [0.4, 0.5) is 0 Å². The lowest BCUT2D eigenvalue weighted by Gasteiger charge is -2.16. The molecule has 2 aromatic heterocycles. The number of nitrogens with zero attached hydrogens (tertiary/aromatic N) is 1. The van der Waals surface area contributed by atoms with E-state index in [2.05, 4.69) is 4.98 Å². The number of carbonyl (C=O) groups is 1. The molecule has 0 fully saturated rings. The summed E-state index contributed by atoms with van der Waals surface area (Å²) >= 11 is 0. The number of aromatic nitrogens is 1. The van der Waals surface area contributed by atoms with Crippen molar-refractivity contribution in [2.45, 2.75) is 32.8 Å². The van der Waals surface area contributed by atoms with Gasteiger partial charge in [-0.25, -0.2) is 4.98 Å². The number of ether oxygens (including phenoxy) is 2. The zero-order valence-corrected chi connectivity index (χ0v) is 15.9. The number of furan rings is 1. The van der Waals surface area contributed by atoms with Crippen molar-refractivity contribution in [3.8, 4) is 17.4 Å². The Morgan fingerprint density at radius 3 is 2.68 bits per heavy atom. The van der Waals surface area contributed by atoms with E-state index in [1.54, 1.807) is 18.4 Å². The molecular weight excluding hydrogens is 362 g/mol. The van der Waals surface area contributed by atoms with Crippen molar-refractivity contribution in [2.75, 3.05) is 13.2 Å². The quantitative estimate of drug-likeness (QED) is 0.552. The van der Waals surface area contributed by atoms with Gasteiger partial charge in [0.25, 0.3) is 5.89 Å². The summed E-state index contributed by atoms with van der Waals surface area (Å²) in [7, 11) is 0. The first kappa shape index (κ1) is 19.7. The molecule has 0 aliphatic heterocycles. The second-order valence-corrected chi connectivity index (χ2v) is 6.21. The number of aliphatic carboxylic acids is 1. The molecule has 0 radical (unpaired) electrons.